The Morgan fingerprint density at radius 3 is 2.54 bits per heavy atom. The van der Waals surface area contributed by atoms with Gasteiger partial charge in [-0.1, -0.05) is 23.8 Å². The molecule has 0 radical (unpaired) electrons. The molecule has 24 heavy (non-hydrogen) atoms. The van der Waals surface area contributed by atoms with E-state index >= 15 is 0 Å². The van der Waals surface area contributed by atoms with Crippen molar-refractivity contribution < 1.29 is 14.3 Å². The predicted octanol–water partition coefficient (Wildman–Crippen LogP) is 2.98. The molecule has 0 spiro atoms. The topological polar surface area (TPSA) is 84.7 Å². The molecule has 2 rings (SSSR count). The first kappa shape index (κ1) is 17.3. The van der Waals surface area contributed by atoms with Gasteiger partial charge in [0.05, 0.1) is 5.69 Å². The van der Waals surface area contributed by atoms with Crippen molar-refractivity contribution in [3.8, 4) is 5.75 Å². The molecule has 0 saturated carbocycles. The number of imide groups is 1. The van der Waals surface area contributed by atoms with E-state index in [1.807, 2.05) is 32.0 Å². The van der Waals surface area contributed by atoms with Gasteiger partial charge in [-0.3, -0.25) is 4.79 Å². The van der Waals surface area contributed by atoms with Crippen molar-refractivity contribution in [3.63, 3.8) is 0 Å². The van der Waals surface area contributed by atoms with Crippen LogP contribution >= 0.6 is 0 Å². The van der Waals surface area contributed by atoms with Crippen LogP contribution in [0.3, 0.4) is 0 Å². The van der Waals surface area contributed by atoms with E-state index in [4.69, 9.17) is 10.5 Å². The number of nitrogens with two attached hydrogens (primary N) is 1. The van der Waals surface area contributed by atoms with Crippen LogP contribution in [0, 0.1) is 13.8 Å². The third-order valence-electron chi connectivity index (χ3n) is 3.43. The molecule has 0 unspecified atom stereocenters. The highest BCUT2D eigenvalue weighted by Gasteiger charge is 2.20. The summed E-state index contributed by atoms with van der Waals surface area (Å²) in [6.07, 6.45) is 0. The normalized spacial score (nSPS) is 10.1. The summed E-state index contributed by atoms with van der Waals surface area (Å²) in [5.41, 5.74) is 8.69. The molecular weight excluding hydrogens is 306 g/mol. The Balaban J connectivity index is 2.02. The predicted molar refractivity (Wildman–Crippen MR) is 94.0 cm³/mol. The quantitative estimate of drug-likeness (QED) is 0.668. The van der Waals surface area contributed by atoms with Crippen molar-refractivity contribution in [2.24, 2.45) is 0 Å². The second-order valence-corrected chi connectivity index (χ2v) is 5.49. The number of nitrogens with zero attached hydrogens (tertiary/aromatic N) is 1. The van der Waals surface area contributed by atoms with Crippen LogP contribution in [-0.2, 0) is 4.79 Å². The zero-order valence-electron chi connectivity index (χ0n) is 14.0. The van der Waals surface area contributed by atoms with Crippen LogP contribution in [0.5, 0.6) is 5.75 Å². The van der Waals surface area contributed by atoms with Gasteiger partial charge in [0.15, 0.2) is 6.73 Å². The number of carbonyl (C=O) groups is 2. The van der Waals surface area contributed by atoms with Crippen LogP contribution in [0.15, 0.2) is 42.5 Å². The highest BCUT2D eigenvalue weighted by molar-refractivity contribution is 6.13. The highest BCUT2D eigenvalue weighted by atomic mass is 16.5. The van der Waals surface area contributed by atoms with Crippen molar-refractivity contribution in [1.82, 2.24) is 5.32 Å². The number of nitrogens with one attached hydrogen (secondary N) is 1. The Bertz CT molecular complexity index is 759. The number of benzene rings is 2. The van der Waals surface area contributed by atoms with Crippen molar-refractivity contribution in [1.29, 1.82) is 0 Å². The Hall–Kier alpha value is -3.02. The number of hydrogen-bond acceptors (Lipinski definition) is 4. The molecule has 2 aromatic carbocycles. The van der Waals surface area contributed by atoms with Gasteiger partial charge in [-0.25, -0.2) is 9.69 Å². The first-order valence-electron chi connectivity index (χ1n) is 7.52. The second-order valence-electron chi connectivity index (χ2n) is 5.49. The summed E-state index contributed by atoms with van der Waals surface area (Å²) in [7, 11) is 0. The molecular formula is C18H21N3O3. The molecule has 6 nitrogen and oxygen atoms in total. The third-order valence-corrected chi connectivity index (χ3v) is 3.43. The minimum atomic E-state index is -0.571. The number of urea groups is 1. The summed E-state index contributed by atoms with van der Waals surface area (Å²) in [6.45, 7) is 5.19. The molecule has 2 aromatic rings. The largest absolute Gasteiger partial charge is 0.473 e. The number of amides is 3. The molecule has 0 heterocycles. The van der Waals surface area contributed by atoms with Crippen LogP contribution in [0.25, 0.3) is 0 Å². The van der Waals surface area contributed by atoms with Gasteiger partial charge in [-0.2, -0.15) is 0 Å². The molecule has 0 atom stereocenters. The lowest BCUT2D eigenvalue weighted by Crippen LogP contribution is -2.44. The zero-order chi connectivity index (χ0) is 17.7. The summed E-state index contributed by atoms with van der Waals surface area (Å²) in [4.78, 5) is 25.1. The molecule has 0 saturated heterocycles. The summed E-state index contributed by atoms with van der Waals surface area (Å²) >= 11 is 0. The van der Waals surface area contributed by atoms with Crippen LogP contribution < -0.4 is 20.7 Å². The number of hydrogen-bond donors (Lipinski definition) is 2. The smallest absolute Gasteiger partial charge is 0.331 e. The average Bonchev–Trinajstić information content (AvgIpc) is 2.49. The van der Waals surface area contributed by atoms with Crippen molar-refractivity contribution in [3.05, 3.63) is 53.6 Å². The SMILES string of the molecule is CC(=O)N(C(=O)NCOc1ccc(C)cc1C)c1cccc(N)c1. The molecule has 0 aliphatic heterocycles. The summed E-state index contributed by atoms with van der Waals surface area (Å²) in [5.74, 6) is 0.267. The van der Waals surface area contributed by atoms with Crippen LogP contribution in [0.1, 0.15) is 18.1 Å². The number of rotatable bonds is 4. The number of carbonyl (C=O) groups excluding carboxylic acids is 2. The van der Waals surface area contributed by atoms with Gasteiger partial charge < -0.3 is 15.8 Å². The average molecular weight is 327 g/mol. The monoisotopic (exact) mass is 327 g/mol. The first-order valence-corrected chi connectivity index (χ1v) is 7.52. The lowest BCUT2D eigenvalue weighted by atomic mass is 10.1. The van der Waals surface area contributed by atoms with Gasteiger partial charge in [-0.05, 0) is 43.7 Å². The fourth-order valence-electron chi connectivity index (χ4n) is 2.32. The zero-order valence-corrected chi connectivity index (χ0v) is 14.0. The number of aryl methyl sites for hydroxylation is 2. The maximum Gasteiger partial charge on any atom is 0.331 e. The Morgan fingerprint density at radius 2 is 1.92 bits per heavy atom. The molecule has 3 amide bonds. The molecule has 0 fully saturated rings. The van der Waals surface area contributed by atoms with E-state index in [-0.39, 0.29) is 6.73 Å². The van der Waals surface area contributed by atoms with E-state index in [9.17, 15) is 9.59 Å². The maximum absolute atomic E-state index is 12.3. The molecule has 3 N–H and O–H groups in total. The van der Waals surface area contributed by atoms with E-state index in [0.29, 0.717) is 17.1 Å². The molecule has 126 valence electrons. The van der Waals surface area contributed by atoms with E-state index in [1.54, 1.807) is 24.3 Å². The van der Waals surface area contributed by atoms with Crippen molar-refractivity contribution >= 4 is 23.3 Å². The Morgan fingerprint density at radius 1 is 1.17 bits per heavy atom. The molecule has 6 heteroatoms. The Kier molecular flexibility index (Phi) is 5.42. The maximum atomic E-state index is 12.3. The molecule has 0 aromatic heterocycles. The van der Waals surface area contributed by atoms with Gasteiger partial charge >= 0.3 is 6.03 Å². The molecule has 0 aliphatic rings. The van der Waals surface area contributed by atoms with Gasteiger partial charge in [0.2, 0.25) is 5.91 Å². The summed E-state index contributed by atoms with van der Waals surface area (Å²) in [5, 5.41) is 2.58. The standard InChI is InChI=1S/C18H21N3O3/c1-12-7-8-17(13(2)9-12)24-11-20-18(23)21(14(3)22)16-6-4-5-15(19)10-16/h4-10H,11,19H2,1-3H3,(H,20,23). The van der Waals surface area contributed by atoms with Crippen LogP contribution in [0.4, 0.5) is 16.2 Å². The highest BCUT2D eigenvalue weighted by Crippen LogP contribution is 2.19. The van der Waals surface area contributed by atoms with Crippen molar-refractivity contribution in [2.45, 2.75) is 20.8 Å². The lowest BCUT2D eigenvalue weighted by molar-refractivity contribution is -0.115. The summed E-state index contributed by atoms with van der Waals surface area (Å²) in [6, 6.07) is 11.8. The van der Waals surface area contributed by atoms with Gasteiger partial charge in [0.25, 0.3) is 0 Å². The fourth-order valence-corrected chi connectivity index (χ4v) is 2.32. The van der Waals surface area contributed by atoms with Gasteiger partial charge in [0, 0.05) is 12.6 Å². The van der Waals surface area contributed by atoms with Gasteiger partial charge in [-0.15, -0.1) is 0 Å². The number of nitrogen functional groups attached to an aromatic ring is 1. The van der Waals surface area contributed by atoms with Crippen LogP contribution in [-0.4, -0.2) is 18.7 Å². The fraction of sp³-hybridized carbons (Fsp3) is 0.222. The third kappa shape index (κ3) is 4.25. The van der Waals surface area contributed by atoms with Crippen molar-refractivity contribution in [2.75, 3.05) is 17.4 Å². The lowest BCUT2D eigenvalue weighted by Gasteiger charge is -2.20. The van der Waals surface area contributed by atoms with E-state index in [2.05, 4.69) is 5.32 Å². The van der Waals surface area contributed by atoms with E-state index in [0.717, 1.165) is 16.0 Å². The number of ether oxygens (including phenoxy) is 1. The van der Waals surface area contributed by atoms with E-state index in [1.165, 1.54) is 6.92 Å². The minimum absolute atomic E-state index is 0.0468. The Labute approximate surface area is 141 Å². The number of anilines is 2. The molecule has 0 aliphatic carbocycles. The van der Waals surface area contributed by atoms with Crippen LogP contribution in [0.2, 0.25) is 0 Å². The first-order chi connectivity index (χ1) is 11.4. The molecule has 0 bridgehead atoms. The van der Waals surface area contributed by atoms with E-state index < -0.39 is 11.9 Å². The minimum Gasteiger partial charge on any atom is -0.473 e. The second kappa shape index (κ2) is 7.50. The van der Waals surface area contributed by atoms with Gasteiger partial charge in [0.1, 0.15) is 5.75 Å². The summed E-state index contributed by atoms with van der Waals surface area (Å²) < 4.78 is 5.56.